The molecular formula is C22H20FN3O3S. The van der Waals surface area contributed by atoms with Gasteiger partial charge in [0.25, 0.3) is 15.9 Å². The van der Waals surface area contributed by atoms with Crippen LogP contribution in [0.4, 0.5) is 10.1 Å². The van der Waals surface area contributed by atoms with Crippen LogP contribution in [0.1, 0.15) is 34.8 Å². The number of benzene rings is 2. The summed E-state index contributed by atoms with van der Waals surface area (Å²) in [6.07, 6.45) is 5.11. The van der Waals surface area contributed by atoms with Crippen LogP contribution in [0.5, 0.6) is 0 Å². The molecule has 154 valence electrons. The standard InChI is InChI=1S/C22H20FN3O3S/c23-19-9-1-2-10-20(19)25-30(28,29)18-8-3-6-16(14-18)22(27)26-13-5-11-21(26)17-7-4-12-24-15-17/h1-4,6-10,12,14-15,21,25H,5,11,13H2/t21-/m0/s1. The van der Waals surface area contributed by atoms with Crippen LogP contribution in [0.25, 0.3) is 0 Å². The van der Waals surface area contributed by atoms with E-state index in [1.54, 1.807) is 23.4 Å². The van der Waals surface area contributed by atoms with Gasteiger partial charge in [0, 0.05) is 24.5 Å². The van der Waals surface area contributed by atoms with Crippen molar-refractivity contribution in [2.75, 3.05) is 11.3 Å². The van der Waals surface area contributed by atoms with Gasteiger partial charge in [0.2, 0.25) is 0 Å². The lowest BCUT2D eigenvalue weighted by molar-refractivity contribution is 0.0735. The molecule has 1 atom stereocenters. The lowest BCUT2D eigenvalue weighted by Crippen LogP contribution is -2.30. The number of halogens is 1. The van der Waals surface area contributed by atoms with Crippen molar-refractivity contribution in [1.29, 1.82) is 0 Å². The number of nitrogens with one attached hydrogen (secondary N) is 1. The molecule has 2 heterocycles. The van der Waals surface area contributed by atoms with E-state index in [1.807, 2.05) is 12.1 Å². The smallest absolute Gasteiger partial charge is 0.262 e. The summed E-state index contributed by atoms with van der Waals surface area (Å²) in [5.41, 5.74) is 1.07. The normalized spacial score (nSPS) is 16.4. The van der Waals surface area contributed by atoms with Gasteiger partial charge in [0.15, 0.2) is 0 Å². The number of amides is 1. The Bertz CT molecular complexity index is 1170. The highest BCUT2D eigenvalue weighted by atomic mass is 32.2. The number of carbonyl (C=O) groups excluding carboxylic acids is 1. The maximum Gasteiger partial charge on any atom is 0.262 e. The Morgan fingerprint density at radius 3 is 2.70 bits per heavy atom. The van der Waals surface area contributed by atoms with Crippen LogP contribution in [0.3, 0.4) is 0 Å². The van der Waals surface area contributed by atoms with Gasteiger partial charge in [-0.25, -0.2) is 12.8 Å². The summed E-state index contributed by atoms with van der Waals surface area (Å²) in [4.78, 5) is 18.9. The Kier molecular flexibility index (Phi) is 5.50. The van der Waals surface area contributed by atoms with Gasteiger partial charge in [-0.3, -0.25) is 14.5 Å². The highest BCUT2D eigenvalue weighted by Crippen LogP contribution is 2.33. The van der Waals surface area contributed by atoms with Crippen LogP contribution in [-0.2, 0) is 10.0 Å². The maximum absolute atomic E-state index is 13.9. The van der Waals surface area contributed by atoms with Crippen molar-refractivity contribution in [3.05, 3.63) is 90.0 Å². The molecule has 8 heteroatoms. The van der Waals surface area contributed by atoms with Crippen molar-refractivity contribution in [1.82, 2.24) is 9.88 Å². The minimum atomic E-state index is -4.05. The molecule has 4 rings (SSSR count). The van der Waals surface area contributed by atoms with Gasteiger partial charge in [-0.1, -0.05) is 24.3 Å². The largest absolute Gasteiger partial charge is 0.332 e. The average Bonchev–Trinajstić information content (AvgIpc) is 3.25. The first-order valence-corrected chi connectivity index (χ1v) is 11.0. The van der Waals surface area contributed by atoms with Gasteiger partial charge in [-0.05, 0) is 54.8 Å². The highest BCUT2D eigenvalue weighted by molar-refractivity contribution is 7.92. The molecule has 1 N–H and O–H groups in total. The zero-order valence-electron chi connectivity index (χ0n) is 16.0. The van der Waals surface area contributed by atoms with Crippen molar-refractivity contribution in [3.8, 4) is 0 Å². The summed E-state index contributed by atoms with van der Waals surface area (Å²) in [5, 5.41) is 0. The molecule has 1 aromatic heterocycles. The third-order valence-corrected chi connectivity index (χ3v) is 6.46. The van der Waals surface area contributed by atoms with E-state index in [-0.39, 0.29) is 28.1 Å². The predicted molar refractivity (Wildman–Crippen MR) is 111 cm³/mol. The number of nitrogens with zero attached hydrogens (tertiary/aromatic N) is 2. The molecule has 0 spiro atoms. The molecule has 0 saturated carbocycles. The SMILES string of the molecule is O=C(c1cccc(S(=O)(=O)Nc2ccccc2F)c1)N1CCC[C@H]1c1cccnc1. The van der Waals surface area contributed by atoms with Crippen molar-refractivity contribution >= 4 is 21.6 Å². The molecular weight excluding hydrogens is 405 g/mol. The summed E-state index contributed by atoms with van der Waals surface area (Å²) >= 11 is 0. The summed E-state index contributed by atoms with van der Waals surface area (Å²) in [5.74, 6) is -0.922. The average molecular weight is 425 g/mol. The maximum atomic E-state index is 13.9. The minimum Gasteiger partial charge on any atom is -0.332 e. The Balaban J connectivity index is 1.60. The fraction of sp³-hybridized carbons (Fsp3) is 0.182. The number of carbonyl (C=O) groups is 1. The molecule has 1 aliphatic heterocycles. The van der Waals surface area contributed by atoms with Crippen LogP contribution in [-0.4, -0.2) is 30.8 Å². The molecule has 30 heavy (non-hydrogen) atoms. The third kappa shape index (κ3) is 4.04. The van der Waals surface area contributed by atoms with Gasteiger partial charge < -0.3 is 4.90 Å². The van der Waals surface area contributed by atoms with Gasteiger partial charge in [0.1, 0.15) is 5.82 Å². The van der Waals surface area contributed by atoms with Crippen LogP contribution in [0.2, 0.25) is 0 Å². The lowest BCUT2D eigenvalue weighted by Gasteiger charge is -2.25. The van der Waals surface area contributed by atoms with E-state index in [4.69, 9.17) is 0 Å². The van der Waals surface area contributed by atoms with Crippen LogP contribution < -0.4 is 4.72 Å². The topological polar surface area (TPSA) is 79.4 Å². The molecule has 1 fully saturated rings. The zero-order valence-corrected chi connectivity index (χ0v) is 16.8. The number of anilines is 1. The molecule has 0 bridgehead atoms. The summed E-state index contributed by atoms with van der Waals surface area (Å²) < 4.78 is 41.5. The van der Waals surface area contributed by atoms with Crippen molar-refractivity contribution in [2.45, 2.75) is 23.8 Å². The predicted octanol–water partition coefficient (Wildman–Crippen LogP) is 4.00. The Hall–Kier alpha value is -3.26. The molecule has 1 aliphatic rings. The molecule has 0 aliphatic carbocycles. The second-order valence-corrected chi connectivity index (χ2v) is 8.74. The van der Waals surface area contributed by atoms with E-state index in [1.165, 1.54) is 42.5 Å². The third-order valence-electron chi connectivity index (χ3n) is 5.09. The number of rotatable bonds is 5. The lowest BCUT2D eigenvalue weighted by atomic mass is 10.1. The van der Waals surface area contributed by atoms with E-state index in [2.05, 4.69) is 9.71 Å². The molecule has 1 amide bonds. The van der Waals surface area contributed by atoms with Gasteiger partial charge >= 0.3 is 0 Å². The number of likely N-dealkylation sites (tertiary alicyclic amines) is 1. The summed E-state index contributed by atoms with van der Waals surface area (Å²) in [6.45, 7) is 0.586. The highest BCUT2D eigenvalue weighted by Gasteiger charge is 2.31. The Morgan fingerprint density at radius 2 is 1.93 bits per heavy atom. The zero-order chi connectivity index (χ0) is 21.1. The Labute approximate surface area is 174 Å². The summed E-state index contributed by atoms with van der Waals surface area (Å²) in [7, 11) is -4.05. The number of sulfonamides is 1. The Morgan fingerprint density at radius 1 is 1.10 bits per heavy atom. The van der Waals surface area contributed by atoms with Crippen LogP contribution in [0, 0.1) is 5.82 Å². The van der Waals surface area contributed by atoms with Gasteiger partial charge in [0.05, 0.1) is 16.6 Å². The van der Waals surface area contributed by atoms with Crippen LogP contribution >= 0.6 is 0 Å². The number of hydrogen-bond acceptors (Lipinski definition) is 4. The van der Waals surface area contributed by atoms with Gasteiger partial charge in [-0.2, -0.15) is 0 Å². The van der Waals surface area contributed by atoms with E-state index in [0.717, 1.165) is 18.4 Å². The molecule has 6 nitrogen and oxygen atoms in total. The first-order valence-electron chi connectivity index (χ1n) is 9.54. The quantitative estimate of drug-likeness (QED) is 0.670. The van der Waals surface area contributed by atoms with Gasteiger partial charge in [-0.15, -0.1) is 0 Å². The second-order valence-electron chi connectivity index (χ2n) is 7.06. The minimum absolute atomic E-state index is 0.0944. The van der Waals surface area contributed by atoms with E-state index in [9.17, 15) is 17.6 Å². The monoisotopic (exact) mass is 425 g/mol. The molecule has 1 saturated heterocycles. The fourth-order valence-electron chi connectivity index (χ4n) is 3.64. The van der Waals surface area contributed by atoms with Crippen molar-refractivity contribution < 1.29 is 17.6 Å². The second kappa shape index (κ2) is 8.23. The summed E-state index contributed by atoms with van der Waals surface area (Å²) in [6, 6.07) is 15.0. The number of aromatic nitrogens is 1. The number of para-hydroxylation sites is 1. The molecule has 2 aromatic carbocycles. The van der Waals surface area contributed by atoms with E-state index >= 15 is 0 Å². The molecule has 0 unspecified atom stereocenters. The van der Waals surface area contributed by atoms with Crippen molar-refractivity contribution in [2.24, 2.45) is 0 Å². The number of pyridine rings is 1. The first kappa shape index (κ1) is 20.0. The first-order chi connectivity index (χ1) is 14.5. The molecule has 3 aromatic rings. The number of hydrogen-bond donors (Lipinski definition) is 1. The van der Waals surface area contributed by atoms with E-state index in [0.29, 0.717) is 6.54 Å². The molecule has 0 radical (unpaired) electrons. The van der Waals surface area contributed by atoms with E-state index < -0.39 is 15.8 Å². The fourth-order valence-corrected chi connectivity index (χ4v) is 4.75. The van der Waals surface area contributed by atoms with Crippen LogP contribution in [0.15, 0.2) is 78.0 Å². The van der Waals surface area contributed by atoms with Crippen molar-refractivity contribution in [3.63, 3.8) is 0 Å².